The van der Waals surface area contributed by atoms with Crippen molar-refractivity contribution >= 4 is 35.2 Å². The summed E-state index contributed by atoms with van der Waals surface area (Å²) in [7, 11) is 0. The summed E-state index contributed by atoms with van der Waals surface area (Å²) in [5.41, 5.74) is 0.572. The average molecular weight is 283 g/mol. The monoisotopic (exact) mass is 282 g/mol. The Morgan fingerprint density at radius 2 is 2.39 bits per heavy atom. The highest BCUT2D eigenvalue weighted by atomic mass is 35.5. The summed E-state index contributed by atoms with van der Waals surface area (Å²) in [4.78, 5) is 16.8. The molecule has 94 valence electrons. The van der Waals surface area contributed by atoms with E-state index in [0.29, 0.717) is 16.5 Å². The Morgan fingerprint density at radius 3 is 3.06 bits per heavy atom. The fourth-order valence-electron chi connectivity index (χ4n) is 1.40. The number of anilines is 1. The number of halogens is 1. The van der Waals surface area contributed by atoms with E-state index in [1.807, 2.05) is 6.92 Å². The standard InChI is InChI=1S/C11H11ClN4OS/c1-2-18-9-5-7(12)3-4-8(9)10(17)15-11-13-6-14-16-11/h3-6H,2H2,1H3,(H2,13,14,15,16,17). The predicted molar refractivity (Wildman–Crippen MR) is 72.2 cm³/mol. The summed E-state index contributed by atoms with van der Waals surface area (Å²) in [6.07, 6.45) is 1.33. The first-order valence-corrected chi connectivity index (χ1v) is 6.66. The normalized spacial score (nSPS) is 10.3. The number of nitrogens with zero attached hydrogens (tertiary/aromatic N) is 2. The van der Waals surface area contributed by atoms with Crippen LogP contribution < -0.4 is 5.32 Å². The summed E-state index contributed by atoms with van der Waals surface area (Å²) in [5, 5.41) is 9.48. The van der Waals surface area contributed by atoms with Gasteiger partial charge in [-0.05, 0) is 24.0 Å². The number of hydrogen-bond acceptors (Lipinski definition) is 4. The van der Waals surface area contributed by atoms with E-state index >= 15 is 0 Å². The third-order valence-corrected chi connectivity index (χ3v) is 3.31. The lowest BCUT2D eigenvalue weighted by molar-refractivity contribution is 0.102. The fraction of sp³-hybridized carbons (Fsp3) is 0.182. The van der Waals surface area contributed by atoms with Gasteiger partial charge >= 0.3 is 0 Å². The Morgan fingerprint density at radius 1 is 1.56 bits per heavy atom. The molecule has 0 unspecified atom stereocenters. The van der Waals surface area contributed by atoms with Crippen molar-refractivity contribution in [3.63, 3.8) is 0 Å². The molecule has 0 atom stereocenters. The fourth-order valence-corrected chi connectivity index (χ4v) is 2.47. The van der Waals surface area contributed by atoms with Crippen molar-refractivity contribution in [2.45, 2.75) is 11.8 Å². The number of aromatic nitrogens is 3. The molecule has 1 heterocycles. The van der Waals surface area contributed by atoms with Gasteiger partial charge in [-0.15, -0.1) is 11.8 Å². The van der Waals surface area contributed by atoms with E-state index in [1.165, 1.54) is 6.33 Å². The van der Waals surface area contributed by atoms with Crippen LogP contribution in [0.1, 0.15) is 17.3 Å². The Labute approximate surface area is 113 Å². The van der Waals surface area contributed by atoms with Crippen LogP contribution in [0, 0.1) is 0 Å². The Balaban J connectivity index is 2.23. The minimum Gasteiger partial charge on any atom is -0.291 e. The van der Waals surface area contributed by atoms with Gasteiger partial charge in [-0.3, -0.25) is 10.1 Å². The Hall–Kier alpha value is -1.53. The van der Waals surface area contributed by atoms with Crippen molar-refractivity contribution in [2.24, 2.45) is 0 Å². The van der Waals surface area contributed by atoms with Gasteiger partial charge in [0.25, 0.3) is 5.91 Å². The van der Waals surface area contributed by atoms with Crippen molar-refractivity contribution in [1.29, 1.82) is 0 Å². The lowest BCUT2D eigenvalue weighted by Crippen LogP contribution is -2.14. The Bertz CT molecular complexity index is 544. The van der Waals surface area contributed by atoms with Crippen LogP contribution in [-0.4, -0.2) is 26.8 Å². The first-order valence-electron chi connectivity index (χ1n) is 5.29. The largest absolute Gasteiger partial charge is 0.291 e. The molecule has 1 amide bonds. The maximum Gasteiger partial charge on any atom is 0.259 e. The summed E-state index contributed by atoms with van der Waals surface area (Å²) < 4.78 is 0. The number of benzene rings is 1. The van der Waals surface area contributed by atoms with E-state index in [0.717, 1.165) is 10.6 Å². The number of H-pyrrole nitrogens is 1. The topological polar surface area (TPSA) is 70.7 Å². The van der Waals surface area contributed by atoms with E-state index in [-0.39, 0.29) is 5.91 Å². The van der Waals surface area contributed by atoms with E-state index in [1.54, 1.807) is 30.0 Å². The molecule has 2 rings (SSSR count). The number of carbonyl (C=O) groups is 1. The number of thioether (sulfide) groups is 1. The quantitative estimate of drug-likeness (QED) is 0.846. The molecule has 0 saturated heterocycles. The SMILES string of the molecule is CCSc1cc(Cl)ccc1C(=O)Nc1ncn[nH]1. The molecule has 2 aromatic rings. The summed E-state index contributed by atoms with van der Waals surface area (Å²) in [6.45, 7) is 2.02. The summed E-state index contributed by atoms with van der Waals surface area (Å²) in [6, 6.07) is 5.17. The van der Waals surface area contributed by atoms with Crippen LogP contribution in [-0.2, 0) is 0 Å². The van der Waals surface area contributed by atoms with Crippen LogP contribution in [0.4, 0.5) is 5.95 Å². The van der Waals surface area contributed by atoms with Crippen molar-refractivity contribution in [1.82, 2.24) is 15.2 Å². The second-order valence-corrected chi connectivity index (χ2v) is 5.10. The van der Waals surface area contributed by atoms with Crippen molar-refractivity contribution in [2.75, 3.05) is 11.1 Å². The molecule has 5 nitrogen and oxygen atoms in total. The molecule has 0 spiro atoms. The smallest absolute Gasteiger partial charge is 0.259 e. The molecule has 2 N–H and O–H groups in total. The van der Waals surface area contributed by atoms with E-state index in [2.05, 4.69) is 20.5 Å². The molecule has 0 saturated carbocycles. The van der Waals surface area contributed by atoms with Gasteiger partial charge in [-0.1, -0.05) is 18.5 Å². The number of aromatic amines is 1. The number of hydrogen-bond donors (Lipinski definition) is 2. The lowest BCUT2D eigenvalue weighted by Gasteiger charge is -2.08. The molecule has 0 aliphatic heterocycles. The highest BCUT2D eigenvalue weighted by Crippen LogP contribution is 2.26. The van der Waals surface area contributed by atoms with Gasteiger partial charge in [-0.2, -0.15) is 10.1 Å². The van der Waals surface area contributed by atoms with Crippen LogP contribution in [0.5, 0.6) is 0 Å². The Kier molecular flexibility index (Phi) is 4.22. The summed E-state index contributed by atoms with van der Waals surface area (Å²) >= 11 is 7.49. The molecule has 0 aliphatic rings. The van der Waals surface area contributed by atoms with Gasteiger partial charge in [-0.25, -0.2) is 5.10 Å². The molecule has 0 radical (unpaired) electrons. The third-order valence-electron chi connectivity index (χ3n) is 2.14. The first kappa shape index (κ1) is 12.9. The highest BCUT2D eigenvalue weighted by molar-refractivity contribution is 7.99. The lowest BCUT2D eigenvalue weighted by atomic mass is 10.2. The molecule has 7 heteroatoms. The van der Waals surface area contributed by atoms with Gasteiger partial charge in [0.1, 0.15) is 6.33 Å². The zero-order valence-corrected chi connectivity index (χ0v) is 11.2. The maximum absolute atomic E-state index is 12.1. The van der Waals surface area contributed by atoms with Crippen molar-refractivity contribution in [3.8, 4) is 0 Å². The van der Waals surface area contributed by atoms with Gasteiger partial charge < -0.3 is 0 Å². The van der Waals surface area contributed by atoms with Gasteiger partial charge in [0.2, 0.25) is 5.95 Å². The summed E-state index contributed by atoms with van der Waals surface area (Å²) in [5.74, 6) is 0.949. The van der Waals surface area contributed by atoms with Crippen LogP contribution >= 0.6 is 23.4 Å². The van der Waals surface area contributed by atoms with E-state index in [4.69, 9.17) is 11.6 Å². The average Bonchev–Trinajstić information content (AvgIpc) is 2.82. The molecule has 1 aromatic heterocycles. The van der Waals surface area contributed by atoms with Crippen molar-refractivity contribution in [3.05, 3.63) is 35.1 Å². The minimum absolute atomic E-state index is 0.237. The van der Waals surface area contributed by atoms with E-state index in [9.17, 15) is 4.79 Å². The highest BCUT2D eigenvalue weighted by Gasteiger charge is 2.13. The van der Waals surface area contributed by atoms with Crippen LogP contribution in [0.2, 0.25) is 5.02 Å². The minimum atomic E-state index is -0.237. The van der Waals surface area contributed by atoms with E-state index < -0.39 is 0 Å². The molecule has 0 bridgehead atoms. The second kappa shape index (κ2) is 5.88. The second-order valence-electron chi connectivity index (χ2n) is 3.36. The number of nitrogens with one attached hydrogen (secondary N) is 2. The van der Waals surface area contributed by atoms with Crippen LogP contribution in [0.25, 0.3) is 0 Å². The molecular formula is C11H11ClN4OS. The maximum atomic E-state index is 12.1. The molecular weight excluding hydrogens is 272 g/mol. The number of amides is 1. The van der Waals surface area contributed by atoms with Gasteiger partial charge in [0.05, 0.1) is 5.56 Å². The van der Waals surface area contributed by atoms with Crippen molar-refractivity contribution < 1.29 is 4.79 Å². The van der Waals surface area contributed by atoms with Gasteiger partial charge in [0, 0.05) is 9.92 Å². The zero-order chi connectivity index (χ0) is 13.0. The first-order chi connectivity index (χ1) is 8.70. The zero-order valence-electron chi connectivity index (χ0n) is 9.61. The molecule has 1 aromatic carbocycles. The van der Waals surface area contributed by atoms with Gasteiger partial charge in [0.15, 0.2) is 0 Å². The number of rotatable bonds is 4. The number of carbonyl (C=O) groups excluding carboxylic acids is 1. The predicted octanol–water partition coefficient (Wildman–Crippen LogP) is 2.82. The third kappa shape index (κ3) is 3.02. The van der Waals surface area contributed by atoms with Crippen LogP contribution in [0.15, 0.2) is 29.4 Å². The molecule has 0 aliphatic carbocycles. The van der Waals surface area contributed by atoms with Crippen LogP contribution in [0.3, 0.4) is 0 Å². The molecule has 0 fully saturated rings. The molecule has 18 heavy (non-hydrogen) atoms.